The van der Waals surface area contributed by atoms with Gasteiger partial charge in [0.2, 0.25) is 11.8 Å². The molecule has 1 aromatic carbocycles. The smallest absolute Gasteiger partial charge is 0.360 e. The molecule has 0 bridgehead atoms. The van der Waals surface area contributed by atoms with Crippen molar-refractivity contribution in [1.29, 1.82) is 0 Å². The molecular formula is C28H48N3O6P. The zero-order valence-corrected chi connectivity index (χ0v) is 24.3. The lowest BCUT2D eigenvalue weighted by atomic mass is 9.85. The van der Waals surface area contributed by atoms with Crippen LogP contribution < -0.4 is 16.4 Å². The Hall–Kier alpha value is -1.77. The first kappa shape index (κ1) is 32.4. The fourth-order valence-electron chi connectivity index (χ4n) is 5.03. The minimum absolute atomic E-state index is 0.101. The van der Waals surface area contributed by atoms with E-state index >= 15 is 0 Å². The van der Waals surface area contributed by atoms with E-state index in [0.717, 1.165) is 37.7 Å². The van der Waals surface area contributed by atoms with E-state index in [1.165, 1.54) is 0 Å². The van der Waals surface area contributed by atoms with Crippen molar-refractivity contribution in [3.63, 3.8) is 0 Å². The van der Waals surface area contributed by atoms with E-state index in [1.54, 1.807) is 13.8 Å². The standard InChI is InChI=1S/C28H48N3O6P/c1-5-36-38(35,37-6-2)28(34)25(19-22-15-11-8-12-16-22)31-27(33)24(17-20(3)4)30-26(32)23(29)18-21-13-9-7-10-14-21/h7,9-10,13-14,20,22-25,28,34H,5-6,8,11-12,15-19,29H2,1-4H3,(H,30,32)(H,31,33)/t23-,24-,25-,28?/m0/s1. The summed E-state index contributed by atoms with van der Waals surface area (Å²) in [6.07, 6.45) is 6.47. The van der Waals surface area contributed by atoms with Crippen molar-refractivity contribution in [2.45, 2.75) is 103 Å². The van der Waals surface area contributed by atoms with Crippen LogP contribution >= 0.6 is 7.60 Å². The normalized spacial score (nSPS) is 18.0. The van der Waals surface area contributed by atoms with E-state index in [2.05, 4.69) is 10.6 Å². The highest BCUT2D eigenvalue weighted by atomic mass is 31.2. The molecule has 0 aliphatic heterocycles. The largest absolute Gasteiger partial charge is 0.379 e. The average Bonchev–Trinajstić information content (AvgIpc) is 2.88. The van der Waals surface area contributed by atoms with Crippen LogP contribution in [0.4, 0.5) is 0 Å². The van der Waals surface area contributed by atoms with Gasteiger partial charge in [0.25, 0.3) is 0 Å². The summed E-state index contributed by atoms with van der Waals surface area (Å²) in [5, 5.41) is 17.0. The molecule has 1 saturated carbocycles. The van der Waals surface area contributed by atoms with Gasteiger partial charge in [0.1, 0.15) is 6.04 Å². The van der Waals surface area contributed by atoms with Crippen LogP contribution in [0.3, 0.4) is 0 Å². The molecule has 10 heteroatoms. The summed E-state index contributed by atoms with van der Waals surface area (Å²) in [6, 6.07) is 6.94. The lowest BCUT2D eigenvalue weighted by molar-refractivity contribution is -0.130. The number of aliphatic hydroxyl groups is 1. The SMILES string of the molecule is CCOP(=O)(OCC)C(O)[C@H](CC1CCCCC1)NC(=O)[C@H](CC(C)C)NC(=O)[C@@H](N)Cc1ccccc1. The highest BCUT2D eigenvalue weighted by Crippen LogP contribution is 2.53. The second kappa shape index (κ2) is 16.4. The fourth-order valence-corrected chi connectivity index (χ4v) is 6.77. The minimum Gasteiger partial charge on any atom is -0.379 e. The molecule has 0 aromatic heterocycles. The Bertz CT molecular complexity index is 884. The number of nitrogens with two attached hydrogens (primary N) is 1. The zero-order chi connectivity index (χ0) is 28.1. The molecule has 38 heavy (non-hydrogen) atoms. The number of carbonyl (C=O) groups excluding carboxylic acids is 2. The lowest BCUT2D eigenvalue weighted by Crippen LogP contribution is -2.56. The maximum atomic E-state index is 13.5. The molecule has 1 aromatic rings. The second-order valence-electron chi connectivity index (χ2n) is 10.6. The molecule has 9 nitrogen and oxygen atoms in total. The van der Waals surface area contributed by atoms with Gasteiger partial charge in [-0.05, 0) is 50.5 Å². The predicted octanol–water partition coefficient (Wildman–Crippen LogP) is 4.13. The molecule has 216 valence electrons. The van der Waals surface area contributed by atoms with Crippen LogP contribution in [0.2, 0.25) is 0 Å². The Balaban J connectivity index is 2.20. The van der Waals surface area contributed by atoms with E-state index in [4.69, 9.17) is 14.8 Å². The fraction of sp³-hybridized carbons (Fsp3) is 0.714. The highest BCUT2D eigenvalue weighted by Gasteiger charge is 2.42. The lowest BCUT2D eigenvalue weighted by Gasteiger charge is -2.34. The maximum absolute atomic E-state index is 13.5. The highest BCUT2D eigenvalue weighted by molar-refractivity contribution is 7.54. The monoisotopic (exact) mass is 553 g/mol. The number of aliphatic hydroxyl groups excluding tert-OH is 1. The summed E-state index contributed by atoms with van der Waals surface area (Å²) in [4.78, 5) is 26.5. The van der Waals surface area contributed by atoms with Gasteiger partial charge >= 0.3 is 7.60 Å². The van der Waals surface area contributed by atoms with Crippen molar-refractivity contribution in [1.82, 2.24) is 10.6 Å². The molecule has 0 spiro atoms. The van der Waals surface area contributed by atoms with Gasteiger partial charge in [-0.25, -0.2) is 0 Å². The van der Waals surface area contributed by atoms with E-state index in [0.29, 0.717) is 19.3 Å². The van der Waals surface area contributed by atoms with Crippen LogP contribution in [0, 0.1) is 11.8 Å². The van der Waals surface area contributed by atoms with Crippen molar-refractivity contribution in [3.05, 3.63) is 35.9 Å². The van der Waals surface area contributed by atoms with Crippen LogP contribution in [0.1, 0.15) is 78.2 Å². The molecule has 5 N–H and O–H groups in total. The van der Waals surface area contributed by atoms with Gasteiger partial charge in [0.15, 0.2) is 5.85 Å². The van der Waals surface area contributed by atoms with E-state index in [1.807, 2.05) is 44.2 Å². The van der Waals surface area contributed by atoms with Crippen molar-refractivity contribution < 1.29 is 28.3 Å². The Morgan fingerprint density at radius 1 is 1.03 bits per heavy atom. The minimum atomic E-state index is -3.90. The van der Waals surface area contributed by atoms with Crippen LogP contribution in [0.25, 0.3) is 0 Å². The maximum Gasteiger partial charge on any atom is 0.360 e. The average molecular weight is 554 g/mol. The number of carbonyl (C=O) groups is 2. The molecule has 1 aliphatic carbocycles. The third kappa shape index (κ3) is 10.4. The third-order valence-corrected chi connectivity index (χ3v) is 9.16. The Labute approximate surface area is 228 Å². The molecule has 4 atom stereocenters. The van der Waals surface area contributed by atoms with E-state index < -0.39 is 43.4 Å². The number of nitrogens with one attached hydrogen (secondary N) is 2. The first-order valence-corrected chi connectivity index (χ1v) is 15.7. The molecule has 0 heterocycles. The van der Waals surface area contributed by atoms with Crippen LogP contribution in [0.15, 0.2) is 30.3 Å². The van der Waals surface area contributed by atoms with Crippen molar-refractivity contribution >= 4 is 19.4 Å². The van der Waals surface area contributed by atoms with Gasteiger partial charge < -0.3 is 30.5 Å². The summed E-state index contributed by atoms with van der Waals surface area (Å²) < 4.78 is 24.2. The number of hydrogen-bond acceptors (Lipinski definition) is 7. The van der Waals surface area contributed by atoms with Crippen molar-refractivity contribution in [2.24, 2.45) is 17.6 Å². The van der Waals surface area contributed by atoms with E-state index in [9.17, 15) is 19.3 Å². The molecule has 1 unspecified atom stereocenters. The molecule has 2 amide bonds. The van der Waals surface area contributed by atoms with Gasteiger partial charge in [-0.2, -0.15) is 0 Å². The van der Waals surface area contributed by atoms with Gasteiger partial charge in [0.05, 0.1) is 25.3 Å². The van der Waals surface area contributed by atoms with Gasteiger partial charge in [0, 0.05) is 0 Å². The molecule has 0 saturated heterocycles. The van der Waals surface area contributed by atoms with Crippen molar-refractivity contribution in [3.8, 4) is 0 Å². The topological polar surface area (TPSA) is 140 Å². The summed E-state index contributed by atoms with van der Waals surface area (Å²) >= 11 is 0. The first-order valence-electron chi connectivity index (χ1n) is 14.1. The Kier molecular flexibility index (Phi) is 14.0. The van der Waals surface area contributed by atoms with Gasteiger partial charge in [-0.15, -0.1) is 0 Å². The summed E-state index contributed by atoms with van der Waals surface area (Å²) in [7, 11) is -3.90. The molecule has 2 rings (SSSR count). The predicted molar refractivity (Wildman–Crippen MR) is 149 cm³/mol. The van der Waals surface area contributed by atoms with Crippen LogP contribution in [-0.4, -0.2) is 54.1 Å². The Morgan fingerprint density at radius 3 is 2.18 bits per heavy atom. The molecule has 1 aliphatic rings. The second-order valence-corrected chi connectivity index (χ2v) is 12.8. The van der Waals surface area contributed by atoms with Crippen LogP contribution in [0.5, 0.6) is 0 Å². The molecule has 1 fully saturated rings. The van der Waals surface area contributed by atoms with E-state index in [-0.39, 0.29) is 25.0 Å². The summed E-state index contributed by atoms with van der Waals surface area (Å²) in [6.45, 7) is 7.49. The number of hydrogen-bond donors (Lipinski definition) is 4. The number of amides is 2. The number of rotatable bonds is 16. The summed E-state index contributed by atoms with van der Waals surface area (Å²) in [5.41, 5.74) is 7.10. The van der Waals surface area contributed by atoms with Gasteiger partial charge in [-0.1, -0.05) is 76.3 Å². The molecular weight excluding hydrogens is 505 g/mol. The van der Waals surface area contributed by atoms with Crippen molar-refractivity contribution in [2.75, 3.05) is 13.2 Å². The van der Waals surface area contributed by atoms with Gasteiger partial charge in [-0.3, -0.25) is 14.2 Å². The summed E-state index contributed by atoms with van der Waals surface area (Å²) in [5.74, 6) is -2.01. The zero-order valence-electron chi connectivity index (χ0n) is 23.4. The first-order chi connectivity index (χ1) is 18.1. The molecule has 0 radical (unpaired) electrons. The number of benzene rings is 1. The third-order valence-electron chi connectivity index (χ3n) is 6.92. The van der Waals surface area contributed by atoms with Crippen LogP contribution in [-0.2, 0) is 29.6 Å². The quantitative estimate of drug-likeness (QED) is 0.226. The Morgan fingerprint density at radius 2 is 1.63 bits per heavy atom.